The Morgan fingerprint density at radius 1 is 1.28 bits per heavy atom. The lowest BCUT2D eigenvalue weighted by atomic mass is 9.90. The molecule has 0 aliphatic carbocycles. The third-order valence-electron chi connectivity index (χ3n) is 2.55. The van der Waals surface area contributed by atoms with E-state index in [2.05, 4.69) is 34.1 Å². The van der Waals surface area contributed by atoms with Gasteiger partial charge in [0.1, 0.15) is 0 Å². The molecule has 0 saturated heterocycles. The molecule has 0 unspecified atom stereocenters. The summed E-state index contributed by atoms with van der Waals surface area (Å²) in [4.78, 5) is 14.1. The monoisotopic (exact) mass is 254 g/mol. The number of aromatic nitrogens is 3. The van der Waals surface area contributed by atoms with Crippen molar-refractivity contribution < 1.29 is 5.11 Å². The Morgan fingerprint density at radius 2 is 1.94 bits per heavy atom. The molecule has 1 aromatic rings. The van der Waals surface area contributed by atoms with Crippen molar-refractivity contribution in [1.29, 1.82) is 0 Å². The number of nitrogens with two attached hydrogens (primary N) is 1. The highest BCUT2D eigenvalue weighted by atomic mass is 16.3. The van der Waals surface area contributed by atoms with Crippen molar-refractivity contribution in [3.8, 4) is 0 Å². The number of rotatable bonds is 6. The van der Waals surface area contributed by atoms with Crippen molar-refractivity contribution in [2.45, 2.75) is 20.3 Å². The standard InChI is InChI=1S/C11H22N6O/c1-11(2,5-6-18)7-13-9-14-8(12)15-10(16-9)17(3)4/h18H,5-7H2,1-4H3,(H3,12,13,14,15,16). The van der Waals surface area contributed by atoms with Gasteiger partial charge in [-0.2, -0.15) is 15.0 Å². The number of hydrogen-bond donors (Lipinski definition) is 3. The third-order valence-corrected chi connectivity index (χ3v) is 2.55. The van der Waals surface area contributed by atoms with Crippen LogP contribution < -0.4 is 16.0 Å². The van der Waals surface area contributed by atoms with E-state index < -0.39 is 0 Å². The topological polar surface area (TPSA) is 100 Å². The van der Waals surface area contributed by atoms with E-state index in [4.69, 9.17) is 10.8 Å². The third kappa shape index (κ3) is 4.33. The molecule has 0 bridgehead atoms. The van der Waals surface area contributed by atoms with Crippen LogP contribution in [0.4, 0.5) is 17.8 Å². The van der Waals surface area contributed by atoms with Crippen LogP contribution in [0.15, 0.2) is 0 Å². The van der Waals surface area contributed by atoms with E-state index in [0.29, 0.717) is 24.9 Å². The van der Waals surface area contributed by atoms with Crippen molar-refractivity contribution >= 4 is 17.8 Å². The van der Waals surface area contributed by atoms with Crippen LogP contribution in [0.25, 0.3) is 0 Å². The summed E-state index contributed by atoms with van der Waals surface area (Å²) in [5, 5.41) is 12.1. The number of aliphatic hydroxyl groups is 1. The minimum absolute atomic E-state index is 0.0333. The van der Waals surface area contributed by atoms with Gasteiger partial charge < -0.3 is 21.1 Å². The SMILES string of the molecule is CN(C)c1nc(N)nc(NCC(C)(C)CCO)n1. The van der Waals surface area contributed by atoms with Gasteiger partial charge in [0.15, 0.2) is 0 Å². The summed E-state index contributed by atoms with van der Waals surface area (Å²) in [6.07, 6.45) is 0.709. The maximum absolute atomic E-state index is 8.96. The summed E-state index contributed by atoms with van der Waals surface area (Å²) in [7, 11) is 3.68. The van der Waals surface area contributed by atoms with Crippen LogP contribution in [0.1, 0.15) is 20.3 Å². The lowest BCUT2D eigenvalue weighted by Crippen LogP contribution is -2.26. The van der Waals surface area contributed by atoms with E-state index in [1.807, 2.05) is 14.1 Å². The second kappa shape index (κ2) is 5.81. The predicted molar refractivity (Wildman–Crippen MR) is 72.5 cm³/mol. The maximum Gasteiger partial charge on any atom is 0.231 e. The van der Waals surface area contributed by atoms with Crippen LogP contribution in [0.3, 0.4) is 0 Å². The Morgan fingerprint density at radius 3 is 2.50 bits per heavy atom. The van der Waals surface area contributed by atoms with Crippen LogP contribution in [0, 0.1) is 5.41 Å². The molecule has 18 heavy (non-hydrogen) atoms. The van der Waals surface area contributed by atoms with Crippen LogP contribution in [-0.2, 0) is 0 Å². The molecule has 7 nitrogen and oxygen atoms in total. The van der Waals surface area contributed by atoms with Gasteiger partial charge in [-0.25, -0.2) is 0 Å². The Hall–Kier alpha value is -1.63. The molecule has 102 valence electrons. The van der Waals surface area contributed by atoms with Gasteiger partial charge in [-0.3, -0.25) is 0 Å². The first-order chi connectivity index (χ1) is 8.34. The van der Waals surface area contributed by atoms with Crippen molar-refractivity contribution in [1.82, 2.24) is 15.0 Å². The highest BCUT2D eigenvalue weighted by Gasteiger charge is 2.17. The number of anilines is 3. The highest BCUT2D eigenvalue weighted by molar-refractivity contribution is 5.40. The van der Waals surface area contributed by atoms with Crippen LogP contribution in [0.5, 0.6) is 0 Å². The first-order valence-electron chi connectivity index (χ1n) is 5.88. The second-order valence-corrected chi connectivity index (χ2v) is 5.20. The minimum atomic E-state index is -0.0333. The van der Waals surface area contributed by atoms with Crippen LogP contribution in [-0.4, -0.2) is 47.3 Å². The number of aliphatic hydroxyl groups excluding tert-OH is 1. The van der Waals surface area contributed by atoms with Crippen LogP contribution >= 0.6 is 0 Å². The minimum Gasteiger partial charge on any atom is -0.396 e. The summed E-state index contributed by atoms with van der Waals surface area (Å²) in [5.74, 6) is 1.17. The zero-order valence-electron chi connectivity index (χ0n) is 11.4. The van der Waals surface area contributed by atoms with Gasteiger partial charge in [0, 0.05) is 27.2 Å². The van der Waals surface area contributed by atoms with Gasteiger partial charge in [0.05, 0.1) is 0 Å². The Balaban J connectivity index is 2.73. The quantitative estimate of drug-likeness (QED) is 0.673. The molecule has 0 amide bonds. The van der Waals surface area contributed by atoms with E-state index in [1.54, 1.807) is 4.90 Å². The summed E-state index contributed by atoms with van der Waals surface area (Å²) < 4.78 is 0. The van der Waals surface area contributed by atoms with Gasteiger partial charge in [-0.05, 0) is 11.8 Å². The van der Waals surface area contributed by atoms with Crippen molar-refractivity contribution in [2.24, 2.45) is 5.41 Å². The average molecular weight is 254 g/mol. The number of nitrogen functional groups attached to an aromatic ring is 1. The molecule has 0 spiro atoms. The van der Waals surface area contributed by atoms with E-state index in [0.717, 1.165) is 0 Å². The van der Waals surface area contributed by atoms with Gasteiger partial charge in [0.25, 0.3) is 0 Å². The molecule has 1 heterocycles. The van der Waals surface area contributed by atoms with Crippen molar-refractivity contribution in [2.75, 3.05) is 43.2 Å². The lowest BCUT2D eigenvalue weighted by molar-refractivity contribution is 0.220. The normalized spacial score (nSPS) is 11.4. The van der Waals surface area contributed by atoms with Gasteiger partial charge in [-0.15, -0.1) is 0 Å². The number of nitrogens with zero attached hydrogens (tertiary/aromatic N) is 4. The van der Waals surface area contributed by atoms with Crippen molar-refractivity contribution in [3.63, 3.8) is 0 Å². The van der Waals surface area contributed by atoms with Crippen molar-refractivity contribution in [3.05, 3.63) is 0 Å². The Bertz CT molecular complexity index is 393. The molecular weight excluding hydrogens is 232 g/mol. The fourth-order valence-corrected chi connectivity index (χ4v) is 1.37. The molecule has 0 atom stereocenters. The smallest absolute Gasteiger partial charge is 0.231 e. The predicted octanol–water partition coefficient (Wildman–Crippen LogP) is 0.340. The molecule has 0 aliphatic heterocycles. The molecule has 1 rings (SSSR count). The maximum atomic E-state index is 8.96. The number of nitrogens with one attached hydrogen (secondary N) is 1. The summed E-state index contributed by atoms with van der Waals surface area (Å²) in [5.41, 5.74) is 5.59. The molecule has 0 aromatic carbocycles. The summed E-state index contributed by atoms with van der Waals surface area (Å²) in [6.45, 7) is 4.95. The fraction of sp³-hybridized carbons (Fsp3) is 0.727. The summed E-state index contributed by atoms with van der Waals surface area (Å²) in [6, 6.07) is 0. The van der Waals surface area contributed by atoms with E-state index in [1.165, 1.54) is 0 Å². The fourth-order valence-electron chi connectivity index (χ4n) is 1.37. The van der Waals surface area contributed by atoms with E-state index in [9.17, 15) is 0 Å². The highest BCUT2D eigenvalue weighted by Crippen LogP contribution is 2.20. The molecule has 1 aromatic heterocycles. The van der Waals surface area contributed by atoms with Gasteiger partial charge in [-0.1, -0.05) is 13.8 Å². The zero-order chi connectivity index (χ0) is 13.8. The van der Waals surface area contributed by atoms with Crippen LogP contribution in [0.2, 0.25) is 0 Å². The summed E-state index contributed by atoms with van der Waals surface area (Å²) >= 11 is 0. The molecule has 0 aliphatic rings. The molecule has 0 radical (unpaired) electrons. The lowest BCUT2D eigenvalue weighted by Gasteiger charge is -2.24. The van der Waals surface area contributed by atoms with E-state index >= 15 is 0 Å². The molecular formula is C11H22N6O. The number of hydrogen-bond acceptors (Lipinski definition) is 7. The first-order valence-corrected chi connectivity index (χ1v) is 5.88. The Kier molecular flexibility index (Phi) is 4.66. The van der Waals surface area contributed by atoms with Gasteiger partial charge in [0.2, 0.25) is 17.8 Å². The second-order valence-electron chi connectivity index (χ2n) is 5.20. The largest absolute Gasteiger partial charge is 0.396 e. The molecule has 0 saturated carbocycles. The zero-order valence-corrected chi connectivity index (χ0v) is 11.4. The van der Waals surface area contributed by atoms with Gasteiger partial charge >= 0.3 is 0 Å². The average Bonchev–Trinajstić information content (AvgIpc) is 2.26. The molecule has 0 fully saturated rings. The Labute approximate surface area is 107 Å². The molecule has 4 N–H and O–H groups in total. The first kappa shape index (κ1) is 14.4. The van der Waals surface area contributed by atoms with E-state index in [-0.39, 0.29) is 18.0 Å². The molecule has 7 heteroatoms.